The van der Waals surface area contributed by atoms with Crippen LogP contribution in [0, 0.1) is 0 Å². The van der Waals surface area contributed by atoms with Gasteiger partial charge in [0.25, 0.3) is 0 Å². The molecule has 25 heavy (non-hydrogen) atoms. The van der Waals surface area contributed by atoms with E-state index in [-0.39, 0.29) is 40.5 Å². The van der Waals surface area contributed by atoms with E-state index in [2.05, 4.69) is 0 Å². The smallest absolute Gasteiger partial charge is 0.418 e. The van der Waals surface area contributed by atoms with Crippen LogP contribution in [0.2, 0.25) is 0 Å². The van der Waals surface area contributed by atoms with Gasteiger partial charge < -0.3 is 27.5 Å². The van der Waals surface area contributed by atoms with Crippen LogP contribution in [0.3, 0.4) is 0 Å². The zero-order valence-electron chi connectivity index (χ0n) is 13.4. The third-order valence-electron chi connectivity index (χ3n) is 2.70. The Labute approximate surface area is 146 Å². The Kier molecular flexibility index (Phi) is 10.3. The molecule has 0 unspecified atom stereocenters. The van der Waals surface area contributed by atoms with Crippen molar-refractivity contribution in [1.29, 1.82) is 0 Å². The third kappa shape index (κ3) is 12.0. The average molecular weight is 406 g/mol. The summed E-state index contributed by atoms with van der Waals surface area (Å²) in [5, 5.41) is 17.8. The minimum absolute atomic E-state index is 0.0105. The van der Waals surface area contributed by atoms with Crippen molar-refractivity contribution in [3.63, 3.8) is 0 Å². The van der Waals surface area contributed by atoms with E-state index in [1.165, 1.54) is 24.3 Å². The fraction of sp³-hybridized carbons (Fsp3) is 0.462. The number of carbonyl (C=O) groups is 1. The SMILES string of the molecule is CS(=O)(=O)c1ccc(C(=O)C[S+](CCO)CCO)cc1.F[B-](F)(F)F. The molecule has 0 aliphatic carbocycles. The fourth-order valence-electron chi connectivity index (χ4n) is 1.66. The number of hydrogen-bond acceptors (Lipinski definition) is 5. The second-order valence-electron chi connectivity index (χ2n) is 4.83. The maximum Gasteiger partial charge on any atom is 0.673 e. The summed E-state index contributed by atoms with van der Waals surface area (Å²) >= 11 is 0. The number of halogens is 4. The Hall–Kier alpha value is -1.11. The number of carbonyl (C=O) groups excluding carboxylic acids is 1. The van der Waals surface area contributed by atoms with Gasteiger partial charge in [0.1, 0.15) is 11.5 Å². The van der Waals surface area contributed by atoms with Gasteiger partial charge in [0.05, 0.1) is 18.1 Å². The Morgan fingerprint density at radius 2 is 1.44 bits per heavy atom. The van der Waals surface area contributed by atoms with E-state index in [4.69, 9.17) is 10.2 Å². The molecule has 0 fully saturated rings. The Bertz CT molecular complexity index is 623. The predicted octanol–water partition coefficient (Wildman–Crippen LogP) is 1.18. The third-order valence-corrected chi connectivity index (χ3v) is 6.02. The summed E-state index contributed by atoms with van der Waals surface area (Å²) < 4.78 is 61.6. The molecule has 12 heteroatoms. The van der Waals surface area contributed by atoms with Crippen LogP contribution in [0.25, 0.3) is 0 Å². The zero-order chi connectivity index (χ0) is 19.7. The van der Waals surface area contributed by atoms with Crippen LogP contribution in [-0.4, -0.2) is 68.4 Å². The van der Waals surface area contributed by atoms with Crippen LogP contribution in [0.4, 0.5) is 17.3 Å². The standard InChI is InChI=1S/C13H19O5S2.BF4/c1-20(17,18)12-4-2-11(3-5-12)13(16)10-19(8-6-14)9-7-15;2-1(3,4)5/h2-5,14-15H,6-10H2,1H3;/q+1;-1. The maximum atomic E-state index is 12.1. The number of rotatable bonds is 8. The lowest BCUT2D eigenvalue weighted by atomic mass is 10.1. The summed E-state index contributed by atoms with van der Waals surface area (Å²) in [4.78, 5) is 12.2. The van der Waals surface area contributed by atoms with Crippen molar-refractivity contribution in [1.82, 2.24) is 0 Å². The fourth-order valence-corrected chi connectivity index (χ4v) is 3.84. The predicted molar refractivity (Wildman–Crippen MR) is 90.2 cm³/mol. The second-order valence-corrected chi connectivity index (χ2v) is 9.17. The second kappa shape index (κ2) is 10.8. The van der Waals surface area contributed by atoms with Crippen molar-refractivity contribution in [3.05, 3.63) is 29.8 Å². The van der Waals surface area contributed by atoms with E-state index in [9.17, 15) is 30.5 Å². The van der Waals surface area contributed by atoms with Crippen LogP contribution in [0.1, 0.15) is 10.4 Å². The van der Waals surface area contributed by atoms with Gasteiger partial charge in [-0.05, 0) is 24.3 Å². The van der Waals surface area contributed by atoms with Crippen molar-refractivity contribution in [3.8, 4) is 0 Å². The normalized spacial score (nSPS) is 11.8. The molecule has 0 heterocycles. The molecule has 0 aromatic heterocycles. The molecule has 1 aromatic carbocycles. The maximum absolute atomic E-state index is 12.1. The highest BCUT2D eigenvalue weighted by Gasteiger charge is 2.22. The van der Waals surface area contributed by atoms with Crippen molar-refractivity contribution in [2.24, 2.45) is 0 Å². The number of Topliss-reactive ketones (excluding diaryl/α,β-unsaturated/α-hetero) is 1. The highest BCUT2D eigenvalue weighted by Crippen LogP contribution is 2.12. The van der Waals surface area contributed by atoms with E-state index < -0.39 is 17.1 Å². The summed E-state index contributed by atoms with van der Waals surface area (Å²) in [7, 11) is -9.61. The van der Waals surface area contributed by atoms with Crippen molar-refractivity contribution < 1.29 is 40.7 Å². The van der Waals surface area contributed by atoms with E-state index >= 15 is 0 Å². The molecule has 0 radical (unpaired) electrons. The molecule has 144 valence electrons. The molecular formula is C13H19BF4O5S2. The molecule has 0 amide bonds. The van der Waals surface area contributed by atoms with Gasteiger partial charge in [0, 0.05) is 22.7 Å². The van der Waals surface area contributed by atoms with Gasteiger partial charge in [0.15, 0.2) is 15.6 Å². The Balaban J connectivity index is 0.00000101. The first-order chi connectivity index (χ1) is 11.4. The highest BCUT2D eigenvalue weighted by molar-refractivity contribution is 7.97. The van der Waals surface area contributed by atoms with Crippen LogP contribution in [0.15, 0.2) is 29.2 Å². The number of sulfone groups is 1. The van der Waals surface area contributed by atoms with Crippen molar-refractivity contribution in [2.45, 2.75) is 4.90 Å². The van der Waals surface area contributed by atoms with Gasteiger partial charge in [-0.25, -0.2) is 8.42 Å². The molecule has 1 rings (SSSR count). The minimum atomic E-state index is -6.00. The summed E-state index contributed by atoms with van der Waals surface area (Å²) in [6.07, 6.45) is 1.11. The van der Waals surface area contributed by atoms with Crippen LogP contribution < -0.4 is 0 Å². The zero-order valence-corrected chi connectivity index (χ0v) is 15.0. The molecule has 0 bridgehead atoms. The molecule has 0 atom stereocenters. The van der Waals surface area contributed by atoms with Gasteiger partial charge >= 0.3 is 7.25 Å². The van der Waals surface area contributed by atoms with Gasteiger partial charge in [-0.1, -0.05) is 0 Å². The van der Waals surface area contributed by atoms with Gasteiger partial charge in [0.2, 0.25) is 5.78 Å². The summed E-state index contributed by atoms with van der Waals surface area (Å²) in [5.41, 5.74) is 0.450. The first kappa shape index (κ1) is 23.9. The summed E-state index contributed by atoms with van der Waals surface area (Å²) in [6.45, 7) is -0.0210. The number of ketones is 1. The number of aliphatic hydroxyl groups excluding tert-OH is 2. The summed E-state index contributed by atoms with van der Waals surface area (Å²) in [5.74, 6) is 1.15. The van der Waals surface area contributed by atoms with Crippen LogP contribution in [-0.2, 0) is 20.7 Å². The molecule has 2 N–H and O–H groups in total. The highest BCUT2D eigenvalue weighted by atomic mass is 32.2. The molecular weight excluding hydrogens is 387 g/mol. The first-order valence-electron chi connectivity index (χ1n) is 6.95. The quantitative estimate of drug-likeness (QED) is 0.293. The lowest BCUT2D eigenvalue weighted by molar-refractivity contribution is 0.102. The molecule has 0 aliphatic rings. The average Bonchev–Trinajstić information content (AvgIpc) is 2.45. The van der Waals surface area contributed by atoms with E-state index in [0.29, 0.717) is 17.1 Å². The van der Waals surface area contributed by atoms with E-state index in [1.54, 1.807) is 0 Å². The molecule has 1 aromatic rings. The Morgan fingerprint density at radius 3 is 1.76 bits per heavy atom. The van der Waals surface area contributed by atoms with Gasteiger partial charge in [-0.15, -0.1) is 0 Å². The van der Waals surface area contributed by atoms with E-state index in [1.807, 2.05) is 0 Å². The molecule has 0 aliphatic heterocycles. The van der Waals surface area contributed by atoms with Crippen molar-refractivity contribution in [2.75, 3.05) is 36.7 Å². The summed E-state index contributed by atoms with van der Waals surface area (Å²) in [6, 6.07) is 5.83. The number of aliphatic hydroxyl groups is 2. The van der Waals surface area contributed by atoms with Crippen LogP contribution >= 0.6 is 0 Å². The molecule has 0 saturated heterocycles. The van der Waals surface area contributed by atoms with E-state index in [0.717, 1.165) is 6.26 Å². The number of benzene rings is 1. The molecule has 5 nitrogen and oxygen atoms in total. The largest absolute Gasteiger partial charge is 0.673 e. The van der Waals surface area contributed by atoms with Gasteiger partial charge in [-0.3, -0.25) is 4.79 Å². The lowest BCUT2D eigenvalue weighted by Crippen LogP contribution is -2.25. The van der Waals surface area contributed by atoms with Gasteiger partial charge in [-0.2, -0.15) is 0 Å². The monoisotopic (exact) mass is 406 g/mol. The van der Waals surface area contributed by atoms with Crippen molar-refractivity contribution >= 4 is 33.8 Å². The minimum Gasteiger partial charge on any atom is -0.418 e. The Morgan fingerprint density at radius 1 is 1.04 bits per heavy atom. The number of hydrogen-bond donors (Lipinski definition) is 2. The topological polar surface area (TPSA) is 91.7 Å². The first-order valence-corrected chi connectivity index (χ1v) is 10.6. The van der Waals surface area contributed by atoms with Crippen LogP contribution in [0.5, 0.6) is 0 Å². The molecule has 0 spiro atoms. The lowest BCUT2D eigenvalue weighted by Gasteiger charge is -2.06. The molecule has 0 saturated carbocycles.